The molecule has 1 unspecified atom stereocenters. The molecule has 0 saturated carbocycles. The van der Waals surface area contributed by atoms with Crippen molar-refractivity contribution in [1.29, 1.82) is 0 Å². The molecule has 0 radical (unpaired) electrons. The Balaban J connectivity index is 2.04. The van der Waals surface area contributed by atoms with E-state index in [0.29, 0.717) is 31.5 Å². The molecule has 19 heavy (non-hydrogen) atoms. The molecule has 0 aliphatic carbocycles. The van der Waals surface area contributed by atoms with E-state index < -0.39 is 6.29 Å². The first-order chi connectivity index (χ1) is 9.24. The van der Waals surface area contributed by atoms with E-state index in [9.17, 15) is 0 Å². The molecule has 0 aromatic carbocycles. The quantitative estimate of drug-likeness (QED) is 0.719. The second-order valence-corrected chi connectivity index (χ2v) is 4.36. The molecule has 1 aliphatic heterocycles. The van der Waals surface area contributed by atoms with Crippen molar-refractivity contribution < 1.29 is 18.7 Å². The second kappa shape index (κ2) is 6.95. The van der Waals surface area contributed by atoms with Crippen molar-refractivity contribution in [2.45, 2.75) is 26.2 Å². The standard InChI is InChI=1S/C12H21N3O4/c1-4-16-12(17-5-2)11-13-10(14-19-11)9-8-15(3)6-7-18-9/h9,12H,4-8H2,1-3H3. The highest BCUT2D eigenvalue weighted by molar-refractivity contribution is 4.94. The van der Waals surface area contributed by atoms with Gasteiger partial charge in [0.25, 0.3) is 5.89 Å². The van der Waals surface area contributed by atoms with E-state index in [1.165, 1.54) is 0 Å². The van der Waals surface area contributed by atoms with Gasteiger partial charge in [-0.2, -0.15) is 4.98 Å². The topological polar surface area (TPSA) is 69.9 Å². The van der Waals surface area contributed by atoms with E-state index >= 15 is 0 Å². The summed E-state index contributed by atoms with van der Waals surface area (Å²) in [7, 11) is 2.04. The summed E-state index contributed by atoms with van der Waals surface area (Å²) in [5, 5.41) is 3.96. The average Bonchev–Trinajstić information content (AvgIpc) is 2.88. The molecule has 0 N–H and O–H groups in total. The summed E-state index contributed by atoms with van der Waals surface area (Å²) in [6.45, 7) is 7.17. The van der Waals surface area contributed by atoms with Crippen LogP contribution in [0, 0.1) is 0 Å². The largest absolute Gasteiger partial charge is 0.367 e. The summed E-state index contributed by atoms with van der Waals surface area (Å²) in [5.41, 5.74) is 0. The molecule has 7 nitrogen and oxygen atoms in total. The zero-order chi connectivity index (χ0) is 13.7. The van der Waals surface area contributed by atoms with Gasteiger partial charge in [-0.15, -0.1) is 0 Å². The van der Waals surface area contributed by atoms with Crippen LogP contribution in [0.15, 0.2) is 4.52 Å². The van der Waals surface area contributed by atoms with Gasteiger partial charge in [-0.1, -0.05) is 5.16 Å². The Bertz CT molecular complexity index is 360. The van der Waals surface area contributed by atoms with Crippen molar-refractivity contribution in [3.63, 3.8) is 0 Å². The molecule has 1 aromatic heterocycles. The Morgan fingerprint density at radius 2 is 2.11 bits per heavy atom. The summed E-state index contributed by atoms with van der Waals surface area (Å²) < 4.78 is 21.7. The van der Waals surface area contributed by atoms with Crippen molar-refractivity contribution in [3.8, 4) is 0 Å². The smallest absolute Gasteiger partial charge is 0.283 e. The minimum absolute atomic E-state index is 0.153. The number of likely N-dealkylation sites (N-methyl/N-ethyl adjacent to an activating group) is 1. The first-order valence-electron chi connectivity index (χ1n) is 6.61. The Morgan fingerprint density at radius 1 is 1.37 bits per heavy atom. The summed E-state index contributed by atoms with van der Waals surface area (Å²) in [6.07, 6.45) is -0.752. The highest BCUT2D eigenvalue weighted by Crippen LogP contribution is 2.22. The van der Waals surface area contributed by atoms with Crippen LogP contribution in [0.1, 0.15) is 38.0 Å². The Morgan fingerprint density at radius 3 is 2.74 bits per heavy atom. The van der Waals surface area contributed by atoms with Crippen LogP contribution in [0.25, 0.3) is 0 Å². The molecule has 7 heteroatoms. The van der Waals surface area contributed by atoms with Crippen molar-refractivity contribution in [2.24, 2.45) is 0 Å². The fourth-order valence-corrected chi connectivity index (χ4v) is 1.90. The van der Waals surface area contributed by atoms with E-state index in [1.54, 1.807) is 0 Å². The number of hydrogen-bond acceptors (Lipinski definition) is 7. The highest BCUT2D eigenvalue weighted by Gasteiger charge is 2.27. The maximum absolute atomic E-state index is 5.64. The van der Waals surface area contributed by atoms with Gasteiger partial charge in [-0.25, -0.2) is 0 Å². The zero-order valence-corrected chi connectivity index (χ0v) is 11.7. The molecule has 0 spiro atoms. The van der Waals surface area contributed by atoms with Gasteiger partial charge in [0.15, 0.2) is 0 Å². The van der Waals surface area contributed by atoms with Crippen LogP contribution in [0.3, 0.4) is 0 Å². The van der Waals surface area contributed by atoms with Crippen LogP contribution in [0.5, 0.6) is 0 Å². The number of morpholine rings is 1. The van der Waals surface area contributed by atoms with Gasteiger partial charge >= 0.3 is 0 Å². The third-order valence-electron chi connectivity index (χ3n) is 2.85. The number of hydrogen-bond donors (Lipinski definition) is 0. The highest BCUT2D eigenvalue weighted by atomic mass is 16.7. The summed E-state index contributed by atoms with van der Waals surface area (Å²) in [5.74, 6) is 0.890. The first kappa shape index (κ1) is 14.4. The van der Waals surface area contributed by atoms with Gasteiger partial charge < -0.3 is 23.6 Å². The minimum Gasteiger partial charge on any atom is -0.367 e. The number of nitrogens with zero attached hydrogens (tertiary/aromatic N) is 3. The summed E-state index contributed by atoms with van der Waals surface area (Å²) in [6, 6.07) is 0. The lowest BCUT2D eigenvalue weighted by Gasteiger charge is -2.27. The predicted octanol–water partition coefficient (Wildman–Crippen LogP) is 1.14. The van der Waals surface area contributed by atoms with Gasteiger partial charge in [-0.05, 0) is 20.9 Å². The van der Waals surface area contributed by atoms with E-state index in [4.69, 9.17) is 18.7 Å². The van der Waals surface area contributed by atoms with Gasteiger partial charge in [0.05, 0.1) is 6.61 Å². The van der Waals surface area contributed by atoms with E-state index in [2.05, 4.69) is 15.0 Å². The molecule has 1 atom stereocenters. The molecule has 0 bridgehead atoms. The third kappa shape index (κ3) is 3.73. The number of aromatic nitrogens is 2. The minimum atomic E-state index is -0.599. The van der Waals surface area contributed by atoms with E-state index in [0.717, 1.165) is 13.1 Å². The Kier molecular flexibility index (Phi) is 5.26. The Hall–Kier alpha value is -1.02. The molecule has 1 saturated heterocycles. The molecule has 1 fully saturated rings. The second-order valence-electron chi connectivity index (χ2n) is 4.36. The third-order valence-corrected chi connectivity index (χ3v) is 2.85. The SMILES string of the molecule is CCOC(OCC)c1nc(C2CN(C)CCO2)no1. The van der Waals surface area contributed by atoms with Crippen LogP contribution >= 0.6 is 0 Å². The molecule has 1 aromatic rings. The van der Waals surface area contributed by atoms with Crippen LogP contribution in [0.4, 0.5) is 0 Å². The van der Waals surface area contributed by atoms with Crippen LogP contribution < -0.4 is 0 Å². The van der Waals surface area contributed by atoms with Gasteiger partial charge in [0.2, 0.25) is 12.1 Å². The van der Waals surface area contributed by atoms with Crippen LogP contribution in [-0.2, 0) is 14.2 Å². The van der Waals surface area contributed by atoms with Crippen molar-refractivity contribution in [2.75, 3.05) is 40.0 Å². The fraction of sp³-hybridized carbons (Fsp3) is 0.833. The monoisotopic (exact) mass is 271 g/mol. The van der Waals surface area contributed by atoms with Crippen molar-refractivity contribution >= 4 is 0 Å². The van der Waals surface area contributed by atoms with Gasteiger partial charge in [0.1, 0.15) is 6.10 Å². The molecular weight excluding hydrogens is 250 g/mol. The van der Waals surface area contributed by atoms with Gasteiger partial charge in [0, 0.05) is 26.3 Å². The Labute approximate surface area is 112 Å². The fourth-order valence-electron chi connectivity index (χ4n) is 1.90. The molecule has 0 amide bonds. The normalized spacial score (nSPS) is 21.2. The van der Waals surface area contributed by atoms with Crippen molar-refractivity contribution in [3.05, 3.63) is 11.7 Å². The van der Waals surface area contributed by atoms with E-state index in [-0.39, 0.29) is 6.10 Å². The van der Waals surface area contributed by atoms with Crippen molar-refractivity contribution in [1.82, 2.24) is 15.0 Å². The molecule has 1 aliphatic rings. The maximum atomic E-state index is 5.64. The molecule has 2 heterocycles. The van der Waals surface area contributed by atoms with Crippen LogP contribution in [0.2, 0.25) is 0 Å². The average molecular weight is 271 g/mol. The predicted molar refractivity (Wildman–Crippen MR) is 66.5 cm³/mol. The summed E-state index contributed by atoms with van der Waals surface area (Å²) >= 11 is 0. The summed E-state index contributed by atoms with van der Waals surface area (Å²) in [4.78, 5) is 6.50. The number of ether oxygens (including phenoxy) is 3. The van der Waals surface area contributed by atoms with Crippen LogP contribution in [-0.4, -0.2) is 55.0 Å². The molecular formula is C12H21N3O4. The molecule has 108 valence electrons. The zero-order valence-electron chi connectivity index (χ0n) is 11.7. The first-order valence-corrected chi connectivity index (χ1v) is 6.61. The van der Waals surface area contributed by atoms with Gasteiger partial charge in [-0.3, -0.25) is 0 Å². The molecule has 2 rings (SSSR count). The maximum Gasteiger partial charge on any atom is 0.283 e. The van der Waals surface area contributed by atoms with E-state index in [1.807, 2.05) is 20.9 Å². The lowest BCUT2D eigenvalue weighted by atomic mass is 10.3. The lowest BCUT2D eigenvalue weighted by Crippen LogP contribution is -2.35. The number of rotatable bonds is 6. The lowest BCUT2D eigenvalue weighted by molar-refractivity contribution is -0.155.